The van der Waals surface area contributed by atoms with Crippen molar-refractivity contribution in [1.82, 2.24) is 0 Å². The minimum absolute atomic E-state index is 0. The van der Waals surface area contributed by atoms with Crippen LogP contribution in [-0.2, 0) is 38.2 Å². The van der Waals surface area contributed by atoms with Gasteiger partial charge in [-0.15, -0.1) is 0 Å². The van der Waals surface area contributed by atoms with Crippen molar-refractivity contribution in [3.05, 3.63) is 7.43 Å². The van der Waals surface area contributed by atoms with Gasteiger partial charge in [0.25, 0.3) is 0 Å². The SMILES string of the molecule is CC1(C)OCC(CO)O1.CC1(C)OCC(COS(=O)(=O)C(F)(F)F)O1.[CH3-].[I][V]([I])[I]. The number of ether oxygens (including phenoxy) is 4. The van der Waals surface area contributed by atoms with E-state index in [-0.39, 0.29) is 31.7 Å². The summed E-state index contributed by atoms with van der Waals surface area (Å²) < 4.78 is 81.0. The molecule has 184 valence electrons. The quantitative estimate of drug-likeness (QED) is 0.195. The molecule has 0 radical (unpaired) electrons. The van der Waals surface area contributed by atoms with Gasteiger partial charge in [0.2, 0.25) is 0 Å². The van der Waals surface area contributed by atoms with E-state index in [1.165, 1.54) is 0 Å². The van der Waals surface area contributed by atoms with Gasteiger partial charge in [0.05, 0.1) is 26.4 Å². The van der Waals surface area contributed by atoms with Gasteiger partial charge < -0.3 is 31.5 Å². The molecule has 2 unspecified atom stereocenters. The van der Waals surface area contributed by atoms with Crippen LogP contribution in [0.25, 0.3) is 0 Å². The summed E-state index contributed by atoms with van der Waals surface area (Å²) in [6, 6.07) is 0. The van der Waals surface area contributed by atoms with Crippen molar-refractivity contribution < 1.29 is 54.7 Å². The number of hydrogen-bond donors (Lipinski definition) is 1. The summed E-state index contributed by atoms with van der Waals surface area (Å²) >= 11 is 7.39. The van der Waals surface area contributed by atoms with Crippen molar-refractivity contribution in [2.45, 2.75) is 57.0 Å². The first-order valence-electron chi connectivity index (χ1n) is 7.88. The number of halogens is 6. The molecule has 0 aliphatic carbocycles. The summed E-state index contributed by atoms with van der Waals surface area (Å²) in [5.74, 6) is -1.43. The third-order valence-electron chi connectivity index (χ3n) is 3.03. The van der Waals surface area contributed by atoms with E-state index < -0.39 is 39.9 Å². The summed E-state index contributed by atoms with van der Waals surface area (Å²) in [5.41, 5.74) is -5.41. The molecule has 1 N–H and O–H groups in total. The van der Waals surface area contributed by atoms with E-state index in [1.807, 2.05) is 13.8 Å². The van der Waals surface area contributed by atoms with Crippen LogP contribution in [0.4, 0.5) is 13.2 Å². The van der Waals surface area contributed by atoms with E-state index in [1.54, 1.807) is 13.8 Å². The molecule has 0 amide bonds. The minimum atomic E-state index is -5.56. The molecule has 2 aliphatic rings. The van der Waals surface area contributed by atoms with Crippen molar-refractivity contribution in [3.63, 3.8) is 0 Å². The molecule has 2 aliphatic heterocycles. The van der Waals surface area contributed by atoms with Crippen LogP contribution in [0.15, 0.2) is 0 Å². The molecule has 0 aromatic rings. The van der Waals surface area contributed by atoms with Crippen LogP contribution >= 0.6 is 59.9 Å². The number of rotatable bonds is 4. The van der Waals surface area contributed by atoms with E-state index in [9.17, 15) is 21.6 Å². The molecule has 0 aromatic heterocycles. The third kappa shape index (κ3) is 15.2. The third-order valence-corrected chi connectivity index (χ3v) is 4.04. The second-order valence-corrected chi connectivity index (χ2v) is 43.4. The van der Waals surface area contributed by atoms with Crippen molar-refractivity contribution in [2.75, 3.05) is 26.4 Å². The fourth-order valence-corrected chi connectivity index (χ4v) is 2.40. The van der Waals surface area contributed by atoms with E-state index >= 15 is 0 Å². The molecule has 2 fully saturated rings. The maximum atomic E-state index is 11.9. The predicted octanol–water partition coefficient (Wildman–Crippen LogP) is 4.24. The molecule has 2 atom stereocenters. The summed E-state index contributed by atoms with van der Waals surface area (Å²) in [5, 5.41) is 8.59. The Morgan fingerprint density at radius 3 is 1.63 bits per heavy atom. The summed E-state index contributed by atoms with van der Waals surface area (Å²) in [6.07, 6.45) is -0.952. The Hall–Kier alpha value is 2.27. The topological polar surface area (TPSA) is 101 Å². The fraction of sp³-hybridized carbons (Fsp3) is 0.929. The van der Waals surface area contributed by atoms with Gasteiger partial charge in [-0.25, -0.2) is 0 Å². The molecule has 8 nitrogen and oxygen atoms in total. The second-order valence-electron chi connectivity index (χ2n) is 6.46. The maximum absolute atomic E-state index is 11.9. The zero-order valence-electron chi connectivity index (χ0n) is 16.9. The van der Waals surface area contributed by atoms with Gasteiger partial charge in [0.1, 0.15) is 12.2 Å². The first kappa shape index (κ1) is 34.4. The zero-order valence-corrected chi connectivity index (χ0v) is 25.6. The van der Waals surface area contributed by atoms with Crippen LogP contribution < -0.4 is 0 Å². The zero-order chi connectivity index (χ0) is 23.1. The molecule has 2 heterocycles. The molecule has 2 rings (SSSR count). The normalized spacial score (nSPS) is 24.9. The van der Waals surface area contributed by atoms with Crippen molar-refractivity contribution in [3.8, 4) is 0 Å². The van der Waals surface area contributed by atoms with Gasteiger partial charge in [-0.2, -0.15) is 21.6 Å². The number of alkyl halides is 3. The Morgan fingerprint density at radius 1 is 1.03 bits per heavy atom. The first-order valence-corrected chi connectivity index (χ1v) is 22.8. The molecule has 0 bridgehead atoms. The Balaban J connectivity index is 0. The second kappa shape index (κ2) is 14.6. The van der Waals surface area contributed by atoms with Gasteiger partial charge in [-0.3, -0.25) is 4.18 Å². The molecular weight excluding hydrogens is 817 g/mol. The van der Waals surface area contributed by atoms with Gasteiger partial charge in [-0.05, 0) is 27.7 Å². The fourth-order valence-electron chi connectivity index (χ4n) is 1.93. The van der Waals surface area contributed by atoms with E-state index in [2.05, 4.69) is 64.1 Å². The molecule has 16 heteroatoms. The van der Waals surface area contributed by atoms with Gasteiger partial charge >= 0.3 is 80.5 Å². The van der Waals surface area contributed by atoms with Gasteiger partial charge in [-0.1, -0.05) is 0 Å². The predicted molar refractivity (Wildman–Crippen MR) is 126 cm³/mol. The molecule has 30 heavy (non-hydrogen) atoms. The van der Waals surface area contributed by atoms with Gasteiger partial charge in [0.15, 0.2) is 11.6 Å². The molecule has 0 spiro atoms. The Bertz CT molecular complexity index is 591. The van der Waals surface area contributed by atoms with E-state index in [0.29, 0.717) is 6.61 Å². The Morgan fingerprint density at radius 2 is 1.40 bits per heavy atom. The average molecular weight is 843 g/mol. The van der Waals surface area contributed by atoms with Crippen LogP contribution in [0.2, 0.25) is 0 Å². The standard InChI is InChI=1S/C7H11F3O5S.C6H12O3.CH3.3HI.V/c1-6(2)13-3-5(15-6)4-14-16(11,12)7(8,9)10;1-6(2)8-4-5(3-7)9-6;;;;;/h5H,3-4H2,1-2H3;5,7H,3-4H2,1-2H3;1H3;3*1H;/q;;-1;;;;+3/p-3. The van der Waals surface area contributed by atoms with E-state index in [4.69, 9.17) is 24.1 Å². The van der Waals surface area contributed by atoms with Crippen LogP contribution in [0.3, 0.4) is 0 Å². The first-order chi connectivity index (χ1) is 12.9. The summed E-state index contributed by atoms with van der Waals surface area (Å²) in [4.78, 5) is -0.278. The molecule has 0 aromatic carbocycles. The van der Waals surface area contributed by atoms with Crippen LogP contribution in [0.5, 0.6) is 0 Å². The Labute approximate surface area is 213 Å². The monoisotopic (exact) mass is 843 g/mol. The average Bonchev–Trinajstić information content (AvgIpc) is 3.05. The number of hydrogen-bond acceptors (Lipinski definition) is 8. The number of aliphatic hydroxyl groups excluding tert-OH is 1. The molecule has 2 saturated heterocycles. The van der Waals surface area contributed by atoms with Crippen LogP contribution in [-0.4, -0.2) is 69.2 Å². The van der Waals surface area contributed by atoms with Crippen molar-refractivity contribution in [1.29, 1.82) is 0 Å². The van der Waals surface area contributed by atoms with Crippen LogP contribution in [0.1, 0.15) is 27.7 Å². The summed E-state index contributed by atoms with van der Waals surface area (Å²) in [6.45, 7) is 6.61. The van der Waals surface area contributed by atoms with Gasteiger partial charge in [0, 0.05) is 0 Å². The van der Waals surface area contributed by atoms with Crippen molar-refractivity contribution in [2.24, 2.45) is 0 Å². The Kier molecular flexibility index (Phi) is 16.8. The number of aliphatic hydroxyl groups is 1. The van der Waals surface area contributed by atoms with E-state index in [0.717, 1.165) is 0 Å². The van der Waals surface area contributed by atoms with Crippen LogP contribution in [0, 0.1) is 7.43 Å². The van der Waals surface area contributed by atoms with Crippen molar-refractivity contribution >= 4 is 70.1 Å². The molecule has 0 saturated carbocycles. The summed E-state index contributed by atoms with van der Waals surface area (Å²) in [7, 11) is -5.56. The molecular formula is C14H26F3I3O8SV-.